The number of halogens is 2. The van der Waals surface area contributed by atoms with Crippen molar-refractivity contribution in [1.29, 1.82) is 0 Å². The number of benzene rings is 1. The minimum Gasteiger partial charge on any atom is -0.396 e. The maximum atomic E-state index is 8.94. The fourth-order valence-electron chi connectivity index (χ4n) is 0.965. The minimum atomic E-state index is 0.183. The van der Waals surface area contributed by atoms with E-state index < -0.39 is 0 Å². The van der Waals surface area contributed by atoms with E-state index in [-0.39, 0.29) is 12.5 Å². The Hall–Kier alpha value is 0.140. The van der Waals surface area contributed by atoms with Crippen LogP contribution in [0.25, 0.3) is 0 Å². The van der Waals surface area contributed by atoms with Gasteiger partial charge in [-0.25, -0.2) is 0 Å². The molecule has 0 aromatic heterocycles. The summed E-state index contributed by atoms with van der Waals surface area (Å²) in [6.07, 6.45) is 0. The van der Waals surface area contributed by atoms with E-state index in [0.29, 0.717) is 0 Å². The Labute approximate surface area is 89.1 Å². The van der Waals surface area contributed by atoms with Crippen LogP contribution in [-0.2, 0) is 0 Å². The molecule has 0 saturated heterocycles. The van der Waals surface area contributed by atoms with Crippen molar-refractivity contribution in [3.8, 4) is 0 Å². The Kier molecular flexibility index (Phi) is 3.75. The van der Waals surface area contributed by atoms with Crippen LogP contribution < -0.4 is 0 Å². The van der Waals surface area contributed by atoms with E-state index >= 15 is 0 Å². The summed E-state index contributed by atoms with van der Waals surface area (Å²) in [5, 5.41) is 8.94. The van der Waals surface area contributed by atoms with Gasteiger partial charge >= 0.3 is 0 Å². The molecule has 0 heterocycles. The van der Waals surface area contributed by atoms with Gasteiger partial charge in [-0.2, -0.15) is 0 Å². The molecule has 1 nitrogen and oxygen atoms in total. The highest BCUT2D eigenvalue weighted by atomic mass is 79.9. The molecule has 0 amide bonds. The second-order valence-electron chi connectivity index (χ2n) is 2.79. The van der Waals surface area contributed by atoms with Crippen molar-refractivity contribution in [2.24, 2.45) is 0 Å². The van der Waals surface area contributed by atoms with Crippen molar-refractivity contribution >= 4 is 31.9 Å². The molecule has 1 rings (SSSR count). The monoisotopic (exact) mass is 292 g/mol. The normalized spacial score (nSPS) is 13.0. The maximum absolute atomic E-state index is 8.94. The summed E-state index contributed by atoms with van der Waals surface area (Å²) >= 11 is 6.80. The van der Waals surface area contributed by atoms with Gasteiger partial charge in [-0.3, -0.25) is 0 Å². The summed E-state index contributed by atoms with van der Waals surface area (Å²) in [4.78, 5) is 0. The minimum absolute atomic E-state index is 0.183. The Morgan fingerprint density at radius 2 is 1.75 bits per heavy atom. The summed E-state index contributed by atoms with van der Waals surface area (Å²) in [5.41, 5.74) is 1.14. The molecule has 1 aromatic rings. The van der Waals surface area contributed by atoms with E-state index in [9.17, 15) is 0 Å². The number of rotatable bonds is 2. The van der Waals surface area contributed by atoms with Crippen LogP contribution in [0, 0.1) is 0 Å². The molecule has 1 aromatic carbocycles. The van der Waals surface area contributed by atoms with E-state index in [0.717, 1.165) is 14.5 Å². The van der Waals surface area contributed by atoms with Crippen LogP contribution in [0.3, 0.4) is 0 Å². The Balaban J connectivity index is 3.00. The van der Waals surface area contributed by atoms with Gasteiger partial charge in [0.05, 0.1) is 0 Å². The lowest BCUT2D eigenvalue weighted by atomic mass is 10.0. The fraction of sp³-hybridized carbons (Fsp3) is 0.333. The highest BCUT2D eigenvalue weighted by Gasteiger charge is 2.05. The van der Waals surface area contributed by atoms with Crippen LogP contribution in [0.2, 0.25) is 0 Å². The summed E-state index contributed by atoms with van der Waals surface area (Å²) in [6, 6.07) is 6.02. The van der Waals surface area contributed by atoms with Crippen molar-refractivity contribution in [3.63, 3.8) is 0 Å². The van der Waals surface area contributed by atoms with Crippen LogP contribution in [0.4, 0.5) is 0 Å². The van der Waals surface area contributed by atoms with Gasteiger partial charge in [0.2, 0.25) is 0 Å². The van der Waals surface area contributed by atoms with Gasteiger partial charge in [-0.05, 0) is 23.8 Å². The van der Waals surface area contributed by atoms with Crippen molar-refractivity contribution in [1.82, 2.24) is 0 Å². The largest absolute Gasteiger partial charge is 0.396 e. The van der Waals surface area contributed by atoms with Gasteiger partial charge in [-0.15, -0.1) is 0 Å². The van der Waals surface area contributed by atoms with E-state index in [2.05, 4.69) is 31.9 Å². The molecule has 0 fully saturated rings. The molecular weight excluding hydrogens is 284 g/mol. The highest BCUT2D eigenvalue weighted by Crippen LogP contribution is 2.24. The first-order valence-corrected chi connectivity index (χ1v) is 5.29. The molecule has 0 aliphatic carbocycles. The van der Waals surface area contributed by atoms with Crippen molar-refractivity contribution in [3.05, 3.63) is 32.7 Å². The standard InChI is InChI=1S/C9H10Br2O/c1-6(5-12)7-2-8(10)4-9(11)3-7/h2-4,6,12H,5H2,1H3. The second kappa shape index (κ2) is 4.40. The third-order valence-corrected chi connectivity index (χ3v) is 2.64. The molecule has 0 radical (unpaired) electrons. The van der Waals surface area contributed by atoms with Crippen molar-refractivity contribution in [2.75, 3.05) is 6.61 Å². The molecule has 1 atom stereocenters. The molecule has 0 aliphatic heterocycles. The van der Waals surface area contributed by atoms with Crippen LogP contribution in [0.5, 0.6) is 0 Å². The zero-order valence-corrected chi connectivity index (χ0v) is 9.89. The van der Waals surface area contributed by atoms with Crippen LogP contribution in [-0.4, -0.2) is 11.7 Å². The van der Waals surface area contributed by atoms with E-state index in [1.165, 1.54) is 0 Å². The molecule has 66 valence electrons. The Bertz CT molecular complexity index is 253. The first-order chi connectivity index (χ1) is 5.63. The quantitative estimate of drug-likeness (QED) is 0.887. The first kappa shape index (κ1) is 10.2. The maximum Gasteiger partial charge on any atom is 0.0497 e. The predicted molar refractivity (Wildman–Crippen MR) is 57.3 cm³/mol. The number of aliphatic hydroxyl groups is 1. The number of hydrogen-bond acceptors (Lipinski definition) is 1. The van der Waals surface area contributed by atoms with Gasteiger partial charge in [0.15, 0.2) is 0 Å². The van der Waals surface area contributed by atoms with E-state index in [1.54, 1.807) is 0 Å². The van der Waals surface area contributed by atoms with E-state index in [1.807, 2.05) is 25.1 Å². The van der Waals surface area contributed by atoms with Gasteiger partial charge in [0, 0.05) is 21.5 Å². The molecule has 0 bridgehead atoms. The summed E-state index contributed by atoms with van der Waals surface area (Å²) < 4.78 is 2.07. The lowest BCUT2D eigenvalue weighted by Crippen LogP contribution is -1.98. The molecule has 12 heavy (non-hydrogen) atoms. The second-order valence-corrected chi connectivity index (χ2v) is 4.62. The third kappa shape index (κ3) is 2.57. The Morgan fingerprint density at radius 3 is 2.17 bits per heavy atom. The molecule has 1 unspecified atom stereocenters. The molecule has 0 saturated carbocycles. The smallest absolute Gasteiger partial charge is 0.0497 e. The molecule has 3 heteroatoms. The van der Waals surface area contributed by atoms with Crippen LogP contribution >= 0.6 is 31.9 Å². The zero-order valence-electron chi connectivity index (χ0n) is 6.72. The lowest BCUT2D eigenvalue weighted by molar-refractivity contribution is 0.273. The highest BCUT2D eigenvalue weighted by molar-refractivity contribution is 9.11. The molecule has 0 aliphatic rings. The summed E-state index contributed by atoms with van der Waals surface area (Å²) in [7, 11) is 0. The first-order valence-electron chi connectivity index (χ1n) is 3.70. The van der Waals surface area contributed by atoms with E-state index in [4.69, 9.17) is 5.11 Å². The lowest BCUT2D eigenvalue weighted by Gasteiger charge is -2.08. The fourth-order valence-corrected chi connectivity index (χ4v) is 2.29. The summed E-state index contributed by atoms with van der Waals surface area (Å²) in [5.74, 6) is 0.193. The van der Waals surface area contributed by atoms with Crippen molar-refractivity contribution < 1.29 is 5.11 Å². The predicted octanol–water partition coefficient (Wildman–Crippen LogP) is 3.31. The van der Waals surface area contributed by atoms with Gasteiger partial charge in [0.1, 0.15) is 0 Å². The number of hydrogen-bond donors (Lipinski definition) is 1. The van der Waals surface area contributed by atoms with Gasteiger partial charge in [-0.1, -0.05) is 38.8 Å². The van der Waals surface area contributed by atoms with Crippen LogP contribution in [0.1, 0.15) is 18.4 Å². The average molecular weight is 294 g/mol. The molecule has 0 spiro atoms. The third-order valence-electron chi connectivity index (χ3n) is 1.73. The summed E-state index contributed by atoms with van der Waals surface area (Å²) in [6.45, 7) is 2.18. The van der Waals surface area contributed by atoms with Crippen LogP contribution in [0.15, 0.2) is 27.1 Å². The topological polar surface area (TPSA) is 20.2 Å². The SMILES string of the molecule is CC(CO)c1cc(Br)cc(Br)c1. The zero-order chi connectivity index (χ0) is 9.14. The van der Waals surface area contributed by atoms with Gasteiger partial charge in [0.25, 0.3) is 0 Å². The molecular formula is C9H10Br2O. The number of aliphatic hydroxyl groups excluding tert-OH is 1. The molecule has 1 N–H and O–H groups in total. The Morgan fingerprint density at radius 1 is 1.25 bits per heavy atom. The van der Waals surface area contributed by atoms with Gasteiger partial charge < -0.3 is 5.11 Å². The van der Waals surface area contributed by atoms with Crippen molar-refractivity contribution in [2.45, 2.75) is 12.8 Å². The average Bonchev–Trinajstić information content (AvgIpc) is 2.01.